The molecule has 0 saturated carbocycles. The summed E-state index contributed by atoms with van der Waals surface area (Å²) in [6.45, 7) is 1.84. The molecule has 0 amide bonds. The first kappa shape index (κ1) is 83.6. The van der Waals surface area contributed by atoms with Gasteiger partial charge >= 0.3 is 0 Å². The van der Waals surface area contributed by atoms with Gasteiger partial charge in [-0.3, -0.25) is 0 Å². The van der Waals surface area contributed by atoms with E-state index in [1.165, 1.54) is 25.3 Å². The van der Waals surface area contributed by atoms with Crippen LogP contribution in [-0.4, -0.2) is 156 Å². The second kappa shape index (κ2) is 39.1. The fourth-order valence-electron chi connectivity index (χ4n) is 12.2. The maximum absolute atomic E-state index is 10.6. The monoisotopic (exact) mass is 1630 g/mol. The number of methoxy groups -OCH3 is 10. The van der Waals surface area contributed by atoms with Gasteiger partial charge in [-0.25, -0.2) is 59.8 Å². The molecule has 0 aliphatic carbocycles. The molecule has 27 nitrogen and oxygen atoms in total. The standard InChI is InChI=1S/2C24H21N3O4.C24H21N3O3.C23H19N3O4/c1-29-17-8-4-15(5-9-17)22-25-23(16-6-10-18(30-2)11-7-16)27-24(26-22)20-13-12-19(31-3)14-21(20)28;1-29-17-11-7-15(8-12-17)22-25-23(16-9-13-18(30-2)14-10-16)27-24(26-22)19-5-4-6-20(31-3)21(19)28;1-15-5-4-6-20(21(15)28)24-26-22(16-7-11-18(29-2)12-8-16)25-23(27-24)17-9-13-19(30-3)14-10-17;1-29-17-8-3-14(4-9-17)21-24-22(15-5-10-18(30-2)11-6-15)26-23(25-21)19-12-7-16(27)13-20(19)28/h2*4-14,28H,1-3H3;4-14,28H,1-3H3;3-13,27-28H,1-2H3. The zero-order valence-corrected chi connectivity index (χ0v) is 68.1. The quantitative estimate of drug-likeness (QED) is 0.0421. The van der Waals surface area contributed by atoms with Crippen molar-refractivity contribution in [3.05, 3.63) is 272 Å². The Kier molecular flexibility index (Phi) is 26.8. The van der Waals surface area contributed by atoms with E-state index in [4.69, 9.17) is 47.4 Å². The van der Waals surface area contributed by atoms with E-state index < -0.39 is 0 Å². The highest BCUT2D eigenvalue weighted by Crippen LogP contribution is 2.40. The predicted molar refractivity (Wildman–Crippen MR) is 463 cm³/mol. The van der Waals surface area contributed by atoms with Crippen LogP contribution in [0.2, 0.25) is 0 Å². The van der Waals surface area contributed by atoms with Gasteiger partial charge in [0.05, 0.1) is 93.4 Å². The molecule has 612 valence electrons. The summed E-state index contributed by atoms with van der Waals surface area (Å²) in [5.41, 5.74) is 9.00. The molecule has 0 spiro atoms. The third-order valence-electron chi connectivity index (χ3n) is 18.9. The first-order valence-corrected chi connectivity index (χ1v) is 37.6. The van der Waals surface area contributed by atoms with E-state index in [0.29, 0.717) is 104 Å². The molecule has 5 N–H and O–H groups in total. The molecule has 122 heavy (non-hydrogen) atoms. The van der Waals surface area contributed by atoms with Crippen molar-refractivity contribution in [1.29, 1.82) is 0 Å². The van der Waals surface area contributed by atoms with E-state index >= 15 is 0 Å². The van der Waals surface area contributed by atoms with E-state index in [2.05, 4.69) is 59.8 Å². The van der Waals surface area contributed by atoms with Crippen LogP contribution in [-0.2, 0) is 0 Å². The first-order chi connectivity index (χ1) is 59.4. The number of aryl methyl sites for hydroxylation is 1. The summed E-state index contributed by atoms with van der Waals surface area (Å²) in [6.07, 6.45) is 0. The van der Waals surface area contributed by atoms with E-state index in [0.717, 1.165) is 96.1 Å². The van der Waals surface area contributed by atoms with Crippen LogP contribution >= 0.6 is 0 Å². The Bertz CT molecular complexity index is 6000. The van der Waals surface area contributed by atoms with Crippen LogP contribution < -0.4 is 47.4 Å². The Labute approximate surface area is 702 Å². The highest BCUT2D eigenvalue weighted by molar-refractivity contribution is 5.77. The van der Waals surface area contributed by atoms with Crippen LogP contribution in [0.1, 0.15) is 5.56 Å². The van der Waals surface area contributed by atoms with Crippen molar-refractivity contribution >= 4 is 0 Å². The number of phenolic OH excluding ortho intramolecular Hbond substituents is 5. The number of rotatable bonds is 22. The van der Waals surface area contributed by atoms with E-state index in [-0.39, 0.29) is 28.7 Å². The normalized spacial score (nSPS) is 10.6. The Hall–Kier alpha value is -16.3. The summed E-state index contributed by atoms with van der Waals surface area (Å²) >= 11 is 0. The van der Waals surface area contributed by atoms with Crippen LogP contribution in [0, 0.1) is 6.92 Å². The lowest BCUT2D eigenvalue weighted by molar-refractivity contribution is 0.374. The molecule has 4 aromatic heterocycles. The molecule has 4 heterocycles. The first-order valence-electron chi connectivity index (χ1n) is 37.6. The number of para-hydroxylation sites is 2. The van der Waals surface area contributed by atoms with Crippen molar-refractivity contribution in [2.24, 2.45) is 0 Å². The molecule has 0 saturated heterocycles. The summed E-state index contributed by atoms with van der Waals surface area (Å²) < 4.78 is 52.3. The fourth-order valence-corrected chi connectivity index (χ4v) is 12.2. The van der Waals surface area contributed by atoms with Gasteiger partial charge in [-0.1, -0.05) is 18.2 Å². The minimum Gasteiger partial charge on any atom is -0.508 e. The second-order valence-corrected chi connectivity index (χ2v) is 26.5. The summed E-state index contributed by atoms with van der Waals surface area (Å²) in [6, 6.07) is 79.5. The van der Waals surface area contributed by atoms with Gasteiger partial charge in [0.25, 0.3) is 0 Å². The lowest BCUT2D eigenvalue weighted by Crippen LogP contribution is -2.00. The van der Waals surface area contributed by atoms with E-state index in [1.807, 2.05) is 213 Å². The molecule has 0 radical (unpaired) electrons. The molecule has 16 aromatic rings. The van der Waals surface area contributed by atoms with Gasteiger partial charge in [-0.2, -0.15) is 0 Å². The minimum absolute atomic E-state index is 0.0203. The number of aromatic hydroxyl groups is 5. The van der Waals surface area contributed by atoms with Crippen molar-refractivity contribution in [2.75, 3.05) is 71.1 Å². The maximum Gasteiger partial charge on any atom is 0.168 e. The largest absolute Gasteiger partial charge is 0.508 e. The van der Waals surface area contributed by atoms with Crippen molar-refractivity contribution in [3.63, 3.8) is 0 Å². The lowest BCUT2D eigenvalue weighted by Gasteiger charge is -2.11. The van der Waals surface area contributed by atoms with Crippen LogP contribution in [0.3, 0.4) is 0 Å². The average molecular weight is 1630 g/mol. The van der Waals surface area contributed by atoms with E-state index in [1.54, 1.807) is 106 Å². The van der Waals surface area contributed by atoms with Gasteiger partial charge in [-0.05, 0) is 249 Å². The minimum atomic E-state index is -0.123. The third-order valence-corrected chi connectivity index (χ3v) is 18.9. The molecule has 27 heteroatoms. The highest BCUT2D eigenvalue weighted by Gasteiger charge is 2.22. The summed E-state index contributed by atoms with van der Waals surface area (Å²) in [7, 11) is 16.0. The molecule has 0 aliphatic rings. The Morgan fingerprint density at radius 2 is 0.402 bits per heavy atom. The number of phenols is 5. The average Bonchev–Trinajstić information content (AvgIpc) is 0.803. The van der Waals surface area contributed by atoms with Crippen molar-refractivity contribution in [1.82, 2.24) is 59.8 Å². The summed E-state index contributed by atoms with van der Waals surface area (Å²) in [5, 5.41) is 51.7. The molecule has 0 atom stereocenters. The highest BCUT2D eigenvalue weighted by atomic mass is 16.5. The number of aromatic nitrogens is 12. The summed E-state index contributed by atoms with van der Waals surface area (Å²) in [5.74, 6) is 12.0. The van der Waals surface area contributed by atoms with Gasteiger partial charge in [0.2, 0.25) is 0 Å². The molecule has 0 aliphatic heterocycles. The van der Waals surface area contributed by atoms with Gasteiger partial charge in [0.1, 0.15) is 74.7 Å². The molecule has 12 aromatic carbocycles. The van der Waals surface area contributed by atoms with Gasteiger partial charge in [0.15, 0.2) is 81.4 Å². The third kappa shape index (κ3) is 20.0. The second-order valence-electron chi connectivity index (χ2n) is 26.5. The lowest BCUT2D eigenvalue weighted by atomic mass is 10.1. The van der Waals surface area contributed by atoms with Crippen LogP contribution in [0.5, 0.6) is 86.2 Å². The number of hydrogen-bond donors (Lipinski definition) is 5. The number of ether oxygens (including phenoxy) is 10. The number of nitrogens with zero attached hydrogens (tertiary/aromatic N) is 12. The topological polar surface area (TPSA) is 348 Å². The Balaban J connectivity index is 0.000000140. The van der Waals surface area contributed by atoms with E-state index in [9.17, 15) is 25.5 Å². The van der Waals surface area contributed by atoms with Crippen LogP contribution in [0.15, 0.2) is 267 Å². The zero-order valence-electron chi connectivity index (χ0n) is 68.1. The molecular formula is C95H82N12O15. The van der Waals surface area contributed by atoms with Crippen LogP contribution in [0.4, 0.5) is 0 Å². The summed E-state index contributed by atoms with van der Waals surface area (Å²) in [4.78, 5) is 55.5. The van der Waals surface area contributed by atoms with Crippen molar-refractivity contribution in [2.45, 2.75) is 6.92 Å². The molecule has 16 rings (SSSR count). The molecule has 0 fully saturated rings. The van der Waals surface area contributed by atoms with Crippen LogP contribution in [0.25, 0.3) is 137 Å². The molecule has 0 bridgehead atoms. The number of hydrogen-bond acceptors (Lipinski definition) is 27. The maximum atomic E-state index is 10.6. The van der Waals surface area contributed by atoms with Gasteiger partial charge < -0.3 is 72.9 Å². The molecular weight excluding hydrogens is 1550 g/mol. The fraction of sp³-hybridized carbons (Fsp3) is 0.116. The number of benzene rings is 12. The Morgan fingerprint density at radius 3 is 0.639 bits per heavy atom. The smallest absolute Gasteiger partial charge is 0.168 e. The Morgan fingerprint density at radius 1 is 0.189 bits per heavy atom. The zero-order chi connectivity index (χ0) is 85.8. The van der Waals surface area contributed by atoms with Gasteiger partial charge in [-0.15, -0.1) is 0 Å². The van der Waals surface area contributed by atoms with Crippen molar-refractivity contribution in [3.8, 4) is 223 Å². The molecule has 0 unspecified atom stereocenters. The predicted octanol–water partition coefficient (Wildman–Crippen LogP) is 18.4. The van der Waals surface area contributed by atoms with Gasteiger partial charge in [0, 0.05) is 56.6 Å². The van der Waals surface area contributed by atoms with Crippen molar-refractivity contribution < 1.29 is 72.9 Å². The SMILES string of the molecule is COc1ccc(-c2nc(-c3ccc(OC)cc3)nc(-c3ccc(O)cc3O)n2)cc1.COc1ccc(-c2nc(-c3ccc(OC)cc3)nc(-c3ccc(OC)cc3O)n2)cc1.COc1ccc(-c2nc(-c3ccc(OC)cc3)nc(-c3cccc(C)c3O)n2)cc1.COc1ccc(-c2nc(-c3ccc(OC)cc3)nc(-c3cccc(OC)c3O)n2)cc1.